The van der Waals surface area contributed by atoms with E-state index < -0.39 is 10.0 Å². The van der Waals surface area contributed by atoms with Gasteiger partial charge in [-0.2, -0.15) is 0 Å². The zero-order chi connectivity index (χ0) is 16.4. The lowest BCUT2D eigenvalue weighted by Crippen LogP contribution is -2.38. The average Bonchev–Trinajstić information content (AvgIpc) is 3.41. The van der Waals surface area contributed by atoms with Crippen LogP contribution < -0.4 is 9.04 Å². The number of benzene rings is 2. The molecule has 0 saturated heterocycles. The Bertz CT molecular complexity index is 796. The molecule has 0 spiro atoms. The second-order valence-corrected chi connectivity index (χ2v) is 7.18. The highest BCUT2D eigenvalue weighted by Crippen LogP contribution is 2.35. The van der Waals surface area contributed by atoms with Gasteiger partial charge in [0.25, 0.3) is 10.0 Å². The predicted octanol–water partition coefficient (Wildman–Crippen LogP) is 2.83. The molecule has 2 aromatic rings. The number of methoxy groups -OCH3 is 1. The Balaban J connectivity index is 2.06. The van der Waals surface area contributed by atoms with E-state index >= 15 is 0 Å². The van der Waals surface area contributed by atoms with Crippen molar-refractivity contribution in [3.8, 4) is 5.75 Å². The number of nitrogens with zero attached hydrogens (tertiary/aromatic N) is 1. The van der Waals surface area contributed by atoms with Gasteiger partial charge in [0.15, 0.2) is 0 Å². The molecule has 1 saturated carbocycles. The van der Waals surface area contributed by atoms with Crippen molar-refractivity contribution in [1.82, 2.24) is 0 Å². The van der Waals surface area contributed by atoms with Crippen LogP contribution >= 0.6 is 0 Å². The second kappa shape index (κ2) is 6.04. The Kier molecular flexibility index (Phi) is 4.09. The molecular weight excluding hydrogens is 314 g/mol. The van der Waals surface area contributed by atoms with E-state index in [0.717, 1.165) is 17.1 Å². The van der Waals surface area contributed by atoms with E-state index in [4.69, 9.17) is 4.74 Å². The molecule has 6 heteroatoms. The van der Waals surface area contributed by atoms with Crippen LogP contribution in [0.3, 0.4) is 0 Å². The van der Waals surface area contributed by atoms with Crippen LogP contribution in [0.15, 0.2) is 59.5 Å². The first-order valence-corrected chi connectivity index (χ1v) is 8.76. The molecule has 120 valence electrons. The minimum Gasteiger partial charge on any atom is -0.497 e. The predicted molar refractivity (Wildman–Crippen MR) is 86.8 cm³/mol. The van der Waals surface area contributed by atoms with Crippen molar-refractivity contribution in [3.05, 3.63) is 54.6 Å². The summed E-state index contributed by atoms with van der Waals surface area (Å²) in [6, 6.07) is 14.4. The van der Waals surface area contributed by atoms with Crippen molar-refractivity contribution in [1.29, 1.82) is 0 Å². The smallest absolute Gasteiger partial charge is 0.270 e. The van der Waals surface area contributed by atoms with Gasteiger partial charge in [0.2, 0.25) is 5.91 Å². The third-order valence-electron chi connectivity index (χ3n) is 3.72. The lowest BCUT2D eigenvalue weighted by molar-refractivity contribution is -0.118. The molecule has 1 aliphatic rings. The Hall–Kier alpha value is -2.34. The lowest BCUT2D eigenvalue weighted by Gasteiger charge is -2.22. The van der Waals surface area contributed by atoms with Gasteiger partial charge in [-0.25, -0.2) is 12.7 Å². The minimum atomic E-state index is -3.93. The summed E-state index contributed by atoms with van der Waals surface area (Å²) in [5.41, 5.74) is 0.326. The average molecular weight is 331 g/mol. The van der Waals surface area contributed by atoms with E-state index in [0.29, 0.717) is 11.4 Å². The number of carbonyl (C=O) groups excluding carboxylic acids is 1. The first-order valence-electron chi connectivity index (χ1n) is 7.32. The van der Waals surface area contributed by atoms with Crippen molar-refractivity contribution in [2.24, 2.45) is 5.92 Å². The highest BCUT2D eigenvalue weighted by molar-refractivity contribution is 7.93. The van der Waals surface area contributed by atoms with Crippen LogP contribution in [0.2, 0.25) is 0 Å². The summed E-state index contributed by atoms with van der Waals surface area (Å²) in [5.74, 6) is 0.0132. The van der Waals surface area contributed by atoms with Crippen LogP contribution in [0.25, 0.3) is 0 Å². The first kappa shape index (κ1) is 15.6. The summed E-state index contributed by atoms with van der Waals surface area (Å²) in [4.78, 5) is 12.7. The monoisotopic (exact) mass is 331 g/mol. The summed E-state index contributed by atoms with van der Waals surface area (Å²) in [6.45, 7) is 0. The van der Waals surface area contributed by atoms with Gasteiger partial charge in [-0.05, 0) is 49.2 Å². The van der Waals surface area contributed by atoms with Gasteiger partial charge in [-0.3, -0.25) is 4.79 Å². The number of carbonyl (C=O) groups is 1. The molecule has 0 radical (unpaired) electrons. The number of anilines is 1. The molecule has 23 heavy (non-hydrogen) atoms. The number of ether oxygens (including phenoxy) is 1. The first-order chi connectivity index (χ1) is 11.0. The fourth-order valence-electron chi connectivity index (χ4n) is 2.30. The largest absolute Gasteiger partial charge is 0.497 e. The Labute approximate surface area is 135 Å². The Morgan fingerprint density at radius 1 is 1.04 bits per heavy atom. The van der Waals surface area contributed by atoms with Crippen molar-refractivity contribution in [3.63, 3.8) is 0 Å². The molecule has 1 fully saturated rings. The topological polar surface area (TPSA) is 63.7 Å². The fourth-order valence-corrected chi connectivity index (χ4v) is 3.79. The zero-order valence-electron chi connectivity index (χ0n) is 12.7. The number of hydrogen-bond donors (Lipinski definition) is 0. The van der Waals surface area contributed by atoms with Crippen molar-refractivity contribution in [2.45, 2.75) is 17.7 Å². The highest BCUT2D eigenvalue weighted by Gasteiger charge is 2.40. The normalized spacial score (nSPS) is 14.3. The van der Waals surface area contributed by atoms with Gasteiger partial charge in [0.05, 0.1) is 17.7 Å². The van der Waals surface area contributed by atoms with Crippen LogP contribution in [-0.2, 0) is 14.8 Å². The Morgan fingerprint density at radius 3 is 2.17 bits per heavy atom. The number of hydrogen-bond acceptors (Lipinski definition) is 4. The molecule has 0 unspecified atom stereocenters. The minimum absolute atomic E-state index is 0.102. The lowest BCUT2D eigenvalue weighted by atomic mass is 10.3. The van der Waals surface area contributed by atoms with Gasteiger partial charge < -0.3 is 4.74 Å². The maximum atomic E-state index is 12.9. The molecule has 0 bridgehead atoms. The van der Waals surface area contributed by atoms with E-state index in [9.17, 15) is 13.2 Å². The van der Waals surface area contributed by atoms with E-state index in [-0.39, 0.29) is 16.7 Å². The van der Waals surface area contributed by atoms with E-state index in [1.54, 1.807) is 42.5 Å². The van der Waals surface area contributed by atoms with Gasteiger partial charge >= 0.3 is 0 Å². The molecule has 0 atom stereocenters. The quantitative estimate of drug-likeness (QED) is 0.845. The molecule has 0 aliphatic heterocycles. The second-order valence-electron chi connectivity index (χ2n) is 5.39. The van der Waals surface area contributed by atoms with Crippen LogP contribution in [-0.4, -0.2) is 21.4 Å². The third kappa shape index (κ3) is 3.07. The van der Waals surface area contributed by atoms with Crippen molar-refractivity contribution < 1.29 is 17.9 Å². The van der Waals surface area contributed by atoms with Crippen molar-refractivity contribution in [2.75, 3.05) is 11.4 Å². The van der Waals surface area contributed by atoms with Gasteiger partial charge in [-0.15, -0.1) is 0 Å². The summed E-state index contributed by atoms with van der Waals surface area (Å²) in [7, 11) is -2.40. The van der Waals surface area contributed by atoms with Crippen LogP contribution in [0.4, 0.5) is 5.69 Å². The maximum Gasteiger partial charge on any atom is 0.270 e. The summed E-state index contributed by atoms with van der Waals surface area (Å²) in [5, 5.41) is 0. The molecule has 5 nitrogen and oxygen atoms in total. The third-order valence-corrected chi connectivity index (χ3v) is 5.45. The fraction of sp³-hybridized carbons (Fsp3) is 0.235. The maximum absolute atomic E-state index is 12.9. The molecule has 2 aromatic carbocycles. The molecule has 0 heterocycles. The summed E-state index contributed by atoms with van der Waals surface area (Å²) < 4.78 is 31.9. The van der Waals surface area contributed by atoms with E-state index in [2.05, 4.69) is 0 Å². The standard InChI is InChI=1S/C17H17NO4S/c1-22-15-11-9-14(10-12-15)18(17(19)13-7-8-13)23(20,21)16-5-3-2-4-6-16/h2-6,9-13H,7-8H2,1H3. The van der Waals surface area contributed by atoms with Crippen LogP contribution in [0.1, 0.15) is 12.8 Å². The zero-order valence-corrected chi connectivity index (χ0v) is 13.5. The molecular formula is C17H17NO4S. The van der Waals surface area contributed by atoms with Crippen LogP contribution in [0.5, 0.6) is 5.75 Å². The van der Waals surface area contributed by atoms with Gasteiger partial charge in [0.1, 0.15) is 5.75 Å². The van der Waals surface area contributed by atoms with E-state index in [1.807, 2.05) is 0 Å². The highest BCUT2D eigenvalue weighted by atomic mass is 32.2. The number of rotatable bonds is 5. The summed E-state index contributed by atoms with van der Waals surface area (Å²) in [6.07, 6.45) is 1.46. The molecule has 3 rings (SSSR count). The molecule has 1 amide bonds. The summed E-state index contributed by atoms with van der Waals surface area (Å²) >= 11 is 0. The van der Waals surface area contributed by atoms with Crippen LogP contribution in [0, 0.1) is 5.92 Å². The molecule has 0 aromatic heterocycles. The van der Waals surface area contributed by atoms with E-state index in [1.165, 1.54) is 19.2 Å². The van der Waals surface area contributed by atoms with Crippen molar-refractivity contribution >= 4 is 21.6 Å². The van der Waals surface area contributed by atoms with Gasteiger partial charge in [0, 0.05) is 5.92 Å². The number of amides is 1. The molecule has 0 N–H and O–H groups in total. The Morgan fingerprint density at radius 2 is 1.65 bits per heavy atom. The molecule has 1 aliphatic carbocycles. The number of sulfonamides is 1. The van der Waals surface area contributed by atoms with Gasteiger partial charge in [-0.1, -0.05) is 18.2 Å². The SMILES string of the molecule is COc1ccc(N(C(=O)C2CC2)S(=O)(=O)c2ccccc2)cc1.